The number of rotatable bonds is 10. The van der Waals surface area contributed by atoms with Crippen molar-refractivity contribution >= 4 is 50.0 Å². The highest BCUT2D eigenvalue weighted by Crippen LogP contribution is 2.32. The Balaban J connectivity index is 1.27. The van der Waals surface area contributed by atoms with Crippen molar-refractivity contribution in [1.82, 2.24) is 14.3 Å². The van der Waals surface area contributed by atoms with Crippen molar-refractivity contribution in [3.05, 3.63) is 69.5 Å². The van der Waals surface area contributed by atoms with E-state index in [9.17, 15) is 23.5 Å². The fourth-order valence-corrected chi connectivity index (χ4v) is 4.82. The van der Waals surface area contributed by atoms with Crippen molar-refractivity contribution < 1.29 is 28.2 Å². The molecule has 4 rings (SSSR count). The van der Waals surface area contributed by atoms with E-state index in [-0.39, 0.29) is 26.5 Å². The molecule has 1 aromatic carbocycles. The molecule has 0 saturated carbocycles. The second-order valence-electron chi connectivity index (χ2n) is 7.75. The number of benzene rings is 1. The van der Waals surface area contributed by atoms with Crippen LogP contribution in [0.1, 0.15) is 40.9 Å². The average Bonchev–Trinajstić information content (AvgIpc) is 3.50. The van der Waals surface area contributed by atoms with E-state index in [0.29, 0.717) is 18.1 Å². The molecule has 12 heteroatoms. The minimum Gasteiger partial charge on any atom is -0.477 e. The number of hydrogen-bond donors (Lipinski definition) is 3. The van der Waals surface area contributed by atoms with Crippen LogP contribution in [0.2, 0.25) is 0 Å². The van der Waals surface area contributed by atoms with Crippen molar-refractivity contribution in [3.8, 4) is 5.88 Å². The van der Waals surface area contributed by atoms with Crippen LogP contribution in [0.5, 0.6) is 5.88 Å². The first-order valence-electron chi connectivity index (χ1n) is 10.7. The zero-order chi connectivity index (χ0) is 24.9. The molecule has 8 nitrogen and oxygen atoms in total. The number of carbonyl (C=O) groups is 2. The Morgan fingerprint density at radius 1 is 1.26 bits per heavy atom. The van der Waals surface area contributed by atoms with Gasteiger partial charge >= 0.3 is 12.0 Å². The highest BCUT2D eigenvalue weighted by molar-refractivity contribution is 9.10. The molecule has 2 amide bonds. The van der Waals surface area contributed by atoms with Gasteiger partial charge in [0, 0.05) is 29.5 Å². The van der Waals surface area contributed by atoms with Crippen LogP contribution in [0.25, 0.3) is 5.57 Å². The van der Waals surface area contributed by atoms with E-state index in [1.165, 1.54) is 11.3 Å². The number of carboxylic acids is 1. The van der Waals surface area contributed by atoms with Gasteiger partial charge in [-0.1, -0.05) is 22.0 Å². The maximum atomic E-state index is 14.0. The van der Waals surface area contributed by atoms with E-state index >= 15 is 0 Å². The molecule has 3 N–H and O–H groups in total. The van der Waals surface area contributed by atoms with E-state index in [4.69, 9.17) is 4.74 Å². The number of carbonyl (C=O) groups excluding carboxylic acids is 1. The number of hydrogen-bond acceptors (Lipinski definition) is 5. The third kappa shape index (κ3) is 5.88. The van der Waals surface area contributed by atoms with Crippen LogP contribution in [0.3, 0.4) is 0 Å². The number of unbranched alkanes of at least 4 members (excludes halogenated alkanes) is 1. The van der Waals surface area contributed by atoms with E-state index in [0.717, 1.165) is 37.9 Å². The van der Waals surface area contributed by atoms with Gasteiger partial charge in [-0.15, -0.1) is 0 Å². The van der Waals surface area contributed by atoms with Gasteiger partial charge in [-0.25, -0.2) is 18.4 Å². The number of amides is 2. The molecule has 1 aliphatic heterocycles. The third-order valence-electron chi connectivity index (χ3n) is 5.41. The molecule has 0 spiro atoms. The highest BCUT2D eigenvalue weighted by Gasteiger charge is 2.24. The van der Waals surface area contributed by atoms with Crippen LogP contribution >= 0.6 is 27.5 Å². The molecule has 0 atom stereocenters. The van der Waals surface area contributed by atoms with Crippen molar-refractivity contribution in [3.63, 3.8) is 0 Å². The largest absolute Gasteiger partial charge is 0.477 e. The molecule has 0 radical (unpaired) electrons. The van der Waals surface area contributed by atoms with Crippen molar-refractivity contribution in [1.29, 1.82) is 0 Å². The van der Waals surface area contributed by atoms with Crippen molar-refractivity contribution in [2.75, 3.05) is 11.9 Å². The molecule has 0 fully saturated rings. The standard InChI is InChI=1S/C23H21BrF2N4O4S/c24-14-10-16(25)15(17(26)11-14)12-34-20-19(22(31)32)21(35-29-20)28-23(33)27-7-2-1-4-13-6-9-30-8-3-5-18(13)30/h3,5-6,8,10-11H,1-2,4,7,9,12H2,(H,31,32)(H2,27,28,33). The maximum Gasteiger partial charge on any atom is 0.344 e. The maximum absolute atomic E-state index is 14.0. The molecule has 0 saturated heterocycles. The highest BCUT2D eigenvalue weighted by atomic mass is 79.9. The molecular formula is C23H21BrF2N4O4S. The first-order valence-corrected chi connectivity index (χ1v) is 12.3. The minimum absolute atomic E-state index is 0.0429. The summed E-state index contributed by atoms with van der Waals surface area (Å²) in [5.74, 6) is -3.43. The van der Waals surface area contributed by atoms with Gasteiger partial charge in [0.05, 0.1) is 5.56 Å². The summed E-state index contributed by atoms with van der Waals surface area (Å²) in [6, 6.07) is 5.67. The molecule has 2 aromatic heterocycles. The monoisotopic (exact) mass is 566 g/mol. The number of allylic oxidation sites excluding steroid dienone is 2. The van der Waals surface area contributed by atoms with E-state index in [1.807, 2.05) is 12.3 Å². The Morgan fingerprint density at radius 2 is 2.03 bits per heavy atom. The number of fused-ring (bicyclic) bond motifs is 1. The first-order chi connectivity index (χ1) is 16.8. The molecule has 35 heavy (non-hydrogen) atoms. The molecule has 0 bridgehead atoms. The normalized spacial score (nSPS) is 12.3. The van der Waals surface area contributed by atoms with E-state index < -0.39 is 30.2 Å². The minimum atomic E-state index is -1.39. The van der Waals surface area contributed by atoms with Crippen LogP contribution < -0.4 is 15.4 Å². The van der Waals surface area contributed by atoms with Crippen molar-refractivity contribution in [2.24, 2.45) is 0 Å². The summed E-state index contributed by atoms with van der Waals surface area (Å²) in [6.07, 6.45) is 6.79. The van der Waals surface area contributed by atoms with Crippen LogP contribution in [0.15, 0.2) is 41.0 Å². The Morgan fingerprint density at radius 3 is 2.77 bits per heavy atom. The van der Waals surface area contributed by atoms with Gasteiger partial charge in [0.2, 0.25) is 5.88 Å². The van der Waals surface area contributed by atoms with Gasteiger partial charge in [0.15, 0.2) is 5.56 Å². The number of nitrogens with one attached hydrogen (secondary N) is 2. The number of nitrogens with zero attached hydrogens (tertiary/aromatic N) is 2. The lowest BCUT2D eigenvalue weighted by Crippen LogP contribution is -2.29. The SMILES string of the molecule is O=C(NCCCCC1=CCn2cccc21)Nc1snc(OCc2c(F)cc(Br)cc2F)c1C(=O)O. The summed E-state index contributed by atoms with van der Waals surface area (Å²) in [6.45, 7) is 0.729. The molecule has 3 heterocycles. The molecule has 1 aliphatic rings. The lowest BCUT2D eigenvalue weighted by atomic mass is 10.1. The number of carboxylic acid groups (broad SMARTS) is 1. The molecule has 3 aromatic rings. The molecular weight excluding hydrogens is 546 g/mol. The lowest BCUT2D eigenvalue weighted by Gasteiger charge is -2.09. The number of aromatic carboxylic acids is 1. The summed E-state index contributed by atoms with van der Waals surface area (Å²) in [7, 11) is 0. The average molecular weight is 567 g/mol. The van der Waals surface area contributed by atoms with Gasteiger partial charge in [0.25, 0.3) is 0 Å². The molecule has 0 aliphatic carbocycles. The number of anilines is 1. The number of ether oxygens (including phenoxy) is 1. The van der Waals surface area contributed by atoms with Gasteiger partial charge in [-0.3, -0.25) is 5.32 Å². The summed E-state index contributed by atoms with van der Waals surface area (Å²) in [4.78, 5) is 24.0. The van der Waals surface area contributed by atoms with Crippen LogP contribution in [-0.2, 0) is 13.2 Å². The summed E-state index contributed by atoms with van der Waals surface area (Å²) in [5.41, 5.74) is 1.77. The van der Waals surface area contributed by atoms with Crippen LogP contribution in [-0.4, -0.2) is 32.6 Å². The van der Waals surface area contributed by atoms with Crippen molar-refractivity contribution in [2.45, 2.75) is 32.4 Å². The van der Waals surface area contributed by atoms with Crippen LogP contribution in [0.4, 0.5) is 18.6 Å². The predicted molar refractivity (Wildman–Crippen MR) is 131 cm³/mol. The summed E-state index contributed by atoms with van der Waals surface area (Å²) in [5, 5.41) is 14.7. The van der Waals surface area contributed by atoms with Gasteiger partial charge in [0.1, 0.15) is 23.2 Å². The fourth-order valence-electron chi connectivity index (χ4n) is 3.70. The number of urea groups is 1. The smallest absolute Gasteiger partial charge is 0.344 e. The lowest BCUT2D eigenvalue weighted by molar-refractivity contribution is 0.0693. The van der Waals surface area contributed by atoms with Gasteiger partial charge < -0.3 is 19.7 Å². The van der Waals surface area contributed by atoms with Crippen LogP contribution in [0, 0.1) is 11.6 Å². The Kier molecular flexibility index (Phi) is 7.81. The summed E-state index contributed by atoms with van der Waals surface area (Å²) < 4.78 is 39.6. The number of halogens is 3. The topological polar surface area (TPSA) is 105 Å². The quantitative estimate of drug-likeness (QED) is 0.275. The second kappa shape index (κ2) is 11.0. The summed E-state index contributed by atoms with van der Waals surface area (Å²) >= 11 is 3.69. The zero-order valence-corrected chi connectivity index (χ0v) is 20.7. The predicted octanol–water partition coefficient (Wildman–Crippen LogP) is 5.65. The van der Waals surface area contributed by atoms with Gasteiger partial charge in [-0.2, -0.15) is 4.37 Å². The molecule has 184 valence electrons. The Hall–Kier alpha value is -3.25. The zero-order valence-electron chi connectivity index (χ0n) is 18.3. The number of aromatic nitrogens is 2. The Labute approximate surface area is 211 Å². The Bertz CT molecular complexity index is 1270. The second-order valence-corrected chi connectivity index (χ2v) is 9.44. The van der Waals surface area contributed by atoms with E-state index in [2.05, 4.69) is 47.6 Å². The molecule has 0 unspecified atom stereocenters. The third-order valence-corrected chi connectivity index (χ3v) is 6.62. The van der Waals surface area contributed by atoms with Gasteiger partial charge in [-0.05, 0) is 60.6 Å². The van der Waals surface area contributed by atoms with E-state index in [1.54, 1.807) is 0 Å². The fraction of sp³-hybridized carbons (Fsp3) is 0.261. The first kappa shape index (κ1) is 24.9.